The van der Waals surface area contributed by atoms with Gasteiger partial charge in [-0.1, -0.05) is 24.3 Å². The van der Waals surface area contributed by atoms with Gasteiger partial charge in [0.05, 0.1) is 24.2 Å². The number of aromatic nitrogens is 2. The molecule has 0 atom stereocenters. The fraction of sp³-hybridized carbons (Fsp3) is 0.478. The Balaban J connectivity index is 1.67. The highest BCUT2D eigenvalue weighted by molar-refractivity contribution is 5.92. The van der Waals surface area contributed by atoms with Gasteiger partial charge in [0, 0.05) is 12.0 Å². The summed E-state index contributed by atoms with van der Waals surface area (Å²) in [6.07, 6.45) is 6.01. The van der Waals surface area contributed by atoms with Gasteiger partial charge in [-0.3, -0.25) is 14.6 Å². The lowest BCUT2D eigenvalue weighted by molar-refractivity contribution is -0.141. The minimum Gasteiger partial charge on any atom is -0.469 e. The fourth-order valence-corrected chi connectivity index (χ4v) is 4.26. The van der Waals surface area contributed by atoms with Gasteiger partial charge in [-0.05, 0) is 63.4 Å². The molecule has 1 heterocycles. The van der Waals surface area contributed by atoms with Crippen molar-refractivity contribution < 1.29 is 14.3 Å². The number of esters is 1. The summed E-state index contributed by atoms with van der Waals surface area (Å²) < 4.78 is 4.74. The van der Waals surface area contributed by atoms with E-state index in [0.29, 0.717) is 29.6 Å². The Bertz CT molecular complexity index is 885. The van der Waals surface area contributed by atoms with Gasteiger partial charge in [-0.25, -0.2) is 4.98 Å². The van der Waals surface area contributed by atoms with Crippen molar-refractivity contribution in [3.63, 3.8) is 0 Å². The highest BCUT2D eigenvalue weighted by atomic mass is 16.5. The molecule has 0 aliphatic heterocycles. The third-order valence-corrected chi connectivity index (χ3v) is 5.96. The molecule has 1 fully saturated rings. The Labute approximate surface area is 171 Å². The number of aryl methyl sites for hydroxylation is 2. The second kappa shape index (κ2) is 9.16. The zero-order chi connectivity index (χ0) is 21.0. The molecule has 1 aliphatic rings. The quantitative estimate of drug-likeness (QED) is 0.744. The van der Waals surface area contributed by atoms with Crippen LogP contribution in [0.15, 0.2) is 24.3 Å². The Morgan fingerprint density at radius 1 is 1.03 bits per heavy atom. The van der Waals surface area contributed by atoms with Crippen LogP contribution in [0.2, 0.25) is 0 Å². The average molecular weight is 396 g/mol. The third kappa shape index (κ3) is 5.00. The molecule has 0 unspecified atom stereocenters. The van der Waals surface area contributed by atoms with Crippen molar-refractivity contribution in [2.24, 2.45) is 11.7 Å². The van der Waals surface area contributed by atoms with Crippen LogP contribution >= 0.6 is 0 Å². The molecule has 154 valence electrons. The maximum atomic E-state index is 11.6. The van der Waals surface area contributed by atoms with Crippen molar-refractivity contribution >= 4 is 11.9 Å². The van der Waals surface area contributed by atoms with E-state index in [9.17, 15) is 9.59 Å². The van der Waals surface area contributed by atoms with E-state index < -0.39 is 5.91 Å². The SMILES string of the molecule is COC(=O)CC[C@H]1CC[C@H](c2ccc(-c3nc(C(N)=O)c(C)nc3C)cc2)CC1. The number of primary amides is 1. The molecule has 29 heavy (non-hydrogen) atoms. The first-order valence-electron chi connectivity index (χ1n) is 10.2. The number of nitrogens with two attached hydrogens (primary N) is 1. The van der Waals surface area contributed by atoms with Gasteiger partial charge in [0.1, 0.15) is 5.69 Å². The maximum absolute atomic E-state index is 11.6. The Kier molecular flexibility index (Phi) is 6.62. The molecule has 0 bridgehead atoms. The van der Waals surface area contributed by atoms with Crippen LogP contribution in [-0.4, -0.2) is 29.0 Å². The second-order valence-electron chi connectivity index (χ2n) is 7.91. The highest BCUT2D eigenvalue weighted by Crippen LogP contribution is 2.38. The summed E-state index contributed by atoms with van der Waals surface area (Å²) in [4.78, 5) is 31.8. The van der Waals surface area contributed by atoms with Crippen molar-refractivity contribution in [2.45, 2.75) is 58.3 Å². The molecule has 1 amide bonds. The van der Waals surface area contributed by atoms with E-state index in [1.807, 2.05) is 6.92 Å². The van der Waals surface area contributed by atoms with Crippen LogP contribution in [0.5, 0.6) is 0 Å². The number of carbonyl (C=O) groups excluding carboxylic acids is 2. The van der Waals surface area contributed by atoms with Gasteiger partial charge in [-0.2, -0.15) is 0 Å². The lowest BCUT2D eigenvalue weighted by atomic mass is 9.77. The summed E-state index contributed by atoms with van der Waals surface area (Å²) in [7, 11) is 1.45. The molecule has 0 spiro atoms. The normalized spacial score (nSPS) is 19.0. The van der Waals surface area contributed by atoms with E-state index in [2.05, 4.69) is 34.2 Å². The lowest BCUT2D eigenvalue weighted by Gasteiger charge is -2.28. The molecule has 1 saturated carbocycles. The minimum absolute atomic E-state index is 0.114. The first-order chi connectivity index (χ1) is 13.9. The molecule has 2 aromatic rings. The average Bonchev–Trinajstić information content (AvgIpc) is 2.72. The molecule has 3 rings (SSSR count). The number of nitrogens with zero attached hydrogens (tertiary/aromatic N) is 2. The third-order valence-electron chi connectivity index (χ3n) is 5.96. The lowest BCUT2D eigenvalue weighted by Crippen LogP contribution is -2.17. The number of hydrogen-bond donors (Lipinski definition) is 1. The zero-order valence-electron chi connectivity index (χ0n) is 17.4. The van der Waals surface area contributed by atoms with E-state index in [-0.39, 0.29) is 11.7 Å². The number of carbonyl (C=O) groups is 2. The highest BCUT2D eigenvalue weighted by Gasteiger charge is 2.23. The Hall–Kier alpha value is -2.76. The fourth-order valence-electron chi connectivity index (χ4n) is 4.26. The van der Waals surface area contributed by atoms with Crippen molar-refractivity contribution in [1.82, 2.24) is 9.97 Å². The molecule has 0 radical (unpaired) electrons. The summed E-state index contributed by atoms with van der Waals surface area (Å²) in [5.41, 5.74) is 9.95. The first kappa shape index (κ1) is 21.0. The molecule has 1 aliphatic carbocycles. The van der Waals surface area contributed by atoms with Crippen LogP contribution < -0.4 is 5.73 Å². The predicted octanol–water partition coefficient (Wildman–Crippen LogP) is 4.09. The number of rotatable bonds is 6. The minimum atomic E-state index is -0.558. The van der Waals surface area contributed by atoms with Crippen molar-refractivity contribution in [2.75, 3.05) is 7.11 Å². The van der Waals surface area contributed by atoms with E-state index >= 15 is 0 Å². The van der Waals surface area contributed by atoms with E-state index in [0.717, 1.165) is 43.4 Å². The number of methoxy groups -OCH3 is 1. The van der Waals surface area contributed by atoms with E-state index in [1.165, 1.54) is 12.7 Å². The number of amides is 1. The summed E-state index contributed by atoms with van der Waals surface area (Å²) >= 11 is 0. The summed E-state index contributed by atoms with van der Waals surface area (Å²) in [6, 6.07) is 8.41. The van der Waals surface area contributed by atoms with Crippen LogP contribution in [0.25, 0.3) is 11.3 Å². The topological polar surface area (TPSA) is 95.2 Å². The van der Waals surface area contributed by atoms with Gasteiger partial charge in [0.25, 0.3) is 5.91 Å². The Morgan fingerprint density at radius 3 is 2.28 bits per heavy atom. The van der Waals surface area contributed by atoms with Gasteiger partial charge in [0.15, 0.2) is 0 Å². The van der Waals surface area contributed by atoms with Crippen molar-refractivity contribution in [3.8, 4) is 11.3 Å². The number of ether oxygens (including phenoxy) is 1. The molecular weight excluding hydrogens is 366 g/mol. The monoisotopic (exact) mass is 395 g/mol. The van der Waals surface area contributed by atoms with Crippen LogP contribution in [0, 0.1) is 19.8 Å². The van der Waals surface area contributed by atoms with Gasteiger partial charge in [0.2, 0.25) is 0 Å². The zero-order valence-corrected chi connectivity index (χ0v) is 17.4. The van der Waals surface area contributed by atoms with E-state index in [4.69, 9.17) is 10.5 Å². The molecule has 1 aromatic carbocycles. The first-order valence-corrected chi connectivity index (χ1v) is 10.2. The molecular formula is C23H29N3O3. The Morgan fingerprint density at radius 2 is 1.69 bits per heavy atom. The standard InChI is InChI=1S/C23H29N3O3/c1-14-21(26-22(23(24)28)15(2)25-14)19-11-9-18(10-12-19)17-7-4-16(5-8-17)6-13-20(27)29-3/h9-12,16-17H,4-8,13H2,1-3H3,(H2,24,28)/t16-,17-. The van der Waals surface area contributed by atoms with Crippen LogP contribution in [0.1, 0.15) is 71.9 Å². The van der Waals surface area contributed by atoms with Gasteiger partial charge in [-0.15, -0.1) is 0 Å². The second-order valence-corrected chi connectivity index (χ2v) is 7.91. The maximum Gasteiger partial charge on any atom is 0.305 e. The molecule has 6 nitrogen and oxygen atoms in total. The number of benzene rings is 1. The number of hydrogen-bond acceptors (Lipinski definition) is 5. The molecule has 6 heteroatoms. The predicted molar refractivity (Wildman–Crippen MR) is 111 cm³/mol. The largest absolute Gasteiger partial charge is 0.469 e. The van der Waals surface area contributed by atoms with E-state index in [1.54, 1.807) is 6.92 Å². The summed E-state index contributed by atoms with van der Waals surface area (Å²) in [5.74, 6) is 0.487. The van der Waals surface area contributed by atoms with Crippen LogP contribution in [0.4, 0.5) is 0 Å². The summed E-state index contributed by atoms with van der Waals surface area (Å²) in [6.45, 7) is 3.64. The van der Waals surface area contributed by atoms with Gasteiger partial charge < -0.3 is 10.5 Å². The molecule has 0 saturated heterocycles. The van der Waals surface area contributed by atoms with Crippen LogP contribution in [-0.2, 0) is 9.53 Å². The molecule has 2 N–H and O–H groups in total. The van der Waals surface area contributed by atoms with Gasteiger partial charge >= 0.3 is 5.97 Å². The smallest absolute Gasteiger partial charge is 0.305 e. The van der Waals surface area contributed by atoms with Crippen LogP contribution in [0.3, 0.4) is 0 Å². The molecule has 1 aromatic heterocycles. The van der Waals surface area contributed by atoms with Crippen molar-refractivity contribution in [1.29, 1.82) is 0 Å². The van der Waals surface area contributed by atoms with Crippen molar-refractivity contribution in [3.05, 3.63) is 46.9 Å². The summed E-state index contributed by atoms with van der Waals surface area (Å²) in [5, 5.41) is 0.